The number of hydrogen-bond acceptors (Lipinski definition) is 3. The Balaban J connectivity index is 2.04. The molecule has 2 aromatic rings. The van der Waals surface area contributed by atoms with Gasteiger partial charge in [-0.05, 0) is 47.7 Å². The molecule has 0 aliphatic rings. The molecule has 2 nitrogen and oxygen atoms in total. The number of benzene rings is 1. The summed E-state index contributed by atoms with van der Waals surface area (Å²) in [5.74, 6) is -0.209. The highest BCUT2D eigenvalue weighted by molar-refractivity contribution is 14.1. The lowest BCUT2D eigenvalue weighted by molar-refractivity contribution is 0.627. The first kappa shape index (κ1) is 11.8. The minimum Gasteiger partial charge on any atom is -0.378 e. The Kier molecular flexibility index (Phi) is 3.75. The third-order valence-corrected chi connectivity index (χ3v) is 3.77. The molecule has 84 valence electrons. The predicted octanol–water partition coefficient (Wildman–Crippen LogP) is 3.81. The molecular weight excluding hydrogens is 338 g/mol. The van der Waals surface area contributed by atoms with Gasteiger partial charge in [0, 0.05) is 14.6 Å². The van der Waals surface area contributed by atoms with E-state index in [0.29, 0.717) is 6.54 Å². The van der Waals surface area contributed by atoms with E-state index in [9.17, 15) is 4.39 Å². The molecule has 5 heteroatoms. The van der Waals surface area contributed by atoms with Crippen LogP contribution in [0.3, 0.4) is 0 Å². The Morgan fingerprint density at radius 1 is 1.50 bits per heavy atom. The van der Waals surface area contributed by atoms with Crippen LogP contribution >= 0.6 is 33.9 Å². The van der Waals surface area contributed by atoms with Crippen molar-refractivity contribution in [2.45, 2.75) is 13.5 Å². The van der Waals surface area contributed by atoms with Gasteiger partial charge in [-0.15, -0.1) is 11.3 Å². The summed E-state index contributed by atoms with van der Waals surface area (Å²) >= 11 is 3.75. The van der Waals surface area contributed by atoms with Gasteiger partial charge in [-0.25, -0.2) is 9.37 Å². The molecule has 16 heavy (non-hydrogen) atoms. The number of hydrogen-bond donors (Lipinski definition) is 1. The first-order chi connectivity index (χ1) is 7.65. The van der Waals surface area contributed by atoms with Crippen molar-refractivity contribution in [1.29, 1.82) is 0 Å². The maximum Gasteiger partial charge on any atom is 0.124 e. The monoisotopic (exact) mass is 348 g/mol. The topological polar surface area (TPSA) is 24.9 Å². The van der Waals surface area contributed by atoms with Crippen LogP contribution in [0.5, 0.6) is 0 Å². The van der Waals surface area contributed by atoms with Gasteiger partial charge >= 0.3 is 0 Å². The maximum absolute atomic E-state index is 12.9. The number of aromatic nitrogens is 1. The predicted molar refractivity (Wildman–Crippen MR) is 73.3 cm³/mol. The van der Waals surface area contributed by atoms with E-state index < -0.39 is 0 Å². The Morgan fingerprint density at radius 3 is 2.94 bits per heavy atom. The van der Waals surface area contributed by atoms with Gasteiger partial charge in [-0.2, -0.15) is 0 Å². The van der Waals surface area contributed by atoms with E-state index in [1.54, 1.807) is 17.4 Å². The average Bonchev–Trinajstić information content (AvgIpc) is 2.63. The van der Waals surface area contributed by atoms with Crippen molar-refractivity contribution in [2.75, 3.05) is 5.32 Å². The molecule has 1 aromatic heterocycles. The summed E-state index contributed by atoms with van der Waals surface area (Å²) in [4.78, 5) is 4.35. The number of nitrogens with one attached hydrogen (secondary N) is 1. The molecule has 0 saturated carbocycles. The third-order valence-electron chi connectivity index (χ3n) is 2.06. The molecule has 0 spiro atoms. The van der Waals surface area contributed by atoms with Crippen LogP contribution in [-0.4, -0.2) is 4.98 Å². The highest BCUT2D eigenvalue weighted by Gasteiger charge is 2.02. The van der Waals surface area contributed by atoms with E-state index in [2.05, 4.69) is 32.9 Å². The number of halogens is 2. The van der Waals surface area contributed by atoms with E-state index in [-0.39, 0.29) is 5.82 Å². The number of anilines is 1. The largest absolute Gasteiger partial charge is 0.378 e. The molecule has 0 radical (unpaired) electrons. The first-order valence-electron chi connectivity index (χ1n) is 4.75. The van der Waals surface area contributed by atoms with Crippen molar-refractivity contribution in [3.63, 3.8) is 0 Å². The van der Waals surface area contributed by atoms with E-state index in [1.807, 2.05) is 12.3 Å². The molecule has 1 heterocycles. The zero-order valence-electron chi connectivity index (χ0n) is 8.63. The lowest BCUT2D eigenvalue weighted by Gasteiger charge is -2.06. The zero-order chi connectivity index (χ0) is 11.5. The van der Waals surface area contributed by atoms with Crippen LogP contribution in [0, 0.1) is 16.3 Å². The fourth-order valence-corrected chi connectivity index (χ4v) is 2.59. The van der Waals surface area contributed by atoms with Gasteiger partial charge in [-0.1, -0.05) is 0 Å². The normalized spacial score (nSPS) is 10.4. The second-order valence-corrected chi connectivity index (χ2v) is 5.56. The Hall–Kier alpha value is -0.690. The molecule has 0 bridgehead atoms. The van der Waals surface area contributed by atoms with E-state index in [0.717, 1.165) is 20.0 Å². The van der Waals surface area contributed by atoms with Crippen LogP contribution in [0.25, 0.3) is 0 Å². The minimum atomic E-state index is -0.209. The van der Waals surface area contributed by atoms with Gasteiger partial charge in [0.15, 0.2) is 0 Å². The van der Waals surface area contributed by atoms with Crippen molar-refractivity contribution in [1.82, 2.24) is 4.98 Å². The molecular formula is C11H10FIN2S. The summed E-state index contributed by atoms with van der Waals surface area (Å²) in [5, 5.41) is 6.33. The Labute approximate surface area is 111 Å². The molecule has 0 saturated heterocycles. The summed E-state index contributed by atoms with van der Waals surface area (Å²) < 4.78 is 13.8. The van der Waals surface area contributed by atoms with Gasteiger partial charge in [0.05, 0.1) is 17.2 Å². The van der Waals surface area contributed by atoms with Crippen molar-refractivity contribution in [2.24, 2.45) is 0 Å². The first-order valence-corrected chi connectivity index (χ1v) is 6.71. The van der Waals surface area contributed by atoms with Crippen molar-refractivity contribution in [3.8, 4) is 0 Å². The Morgan fingerprint density at radius 2 is 2.31 bits per heavy atom. The van der Waals surface area contributed by atoms with Gasteiger partial charge < -0.3 is 5.32 Å². The summed E-state index contributed by atoms with van der Waals surface area (Å²) in [6.07, 6.45) is 0. The number of nitrogens with zero attached hydrogens (tertiary/aromatic N) is 1. The lowest BCUT2D eigenvalue weighted by atomic mass is 10.3. The molecule has 0 aliphatic heterocycles. The van der Waals surface area contributed by atoms with Crippen LogP contribution in [-0.2, 0) is 6.54 Å². The van der Waals surface area contributed by atoms with Crippen LogP contribution in [0.2, 0.25) is 0 Å². The summed E-state index contributed by atoms with van der Waals surface area (Å²) in [6, 6.07) is 4.71. The van der Waals surface area contributed by atoms with Crippen LogP contribution < -0.4 is 5.32 Å². The molecule has 2 rings (SSSR count). The molecule has 0 amide bonds. The summed E-state index contributed by atoms with van der Waals surface area (Å²) in [7, 11) is 0. The van der Waals surface area contributed by atoms with Gasteiger partial charge in [0.1, 0.15) is 5.82 Å². The molecule has 0 atom stereocenters. The summed E-state index contributed by atoms with van der Waals surface area (Å²) in [5.41, 5.74) is 1.95. The minimum absolute atomic E-state index is 0.209. The van der Waals surface area contributed by atoms with Crippen LogP contribution in [0.4, 0.5) is 10.1 Å². The van der Waals surface area contributed by atoms with E-state index in [1.165, 1.54) is 12.1 Å². The van der Waals surface area contributed by atoms with Crippen molar-refractivity contribution in [3.05, 3.63) is 43.7 Å². The van der Waals surface area contributed by atoms with E-state index >= 15 is 0 Å². The Bertz CT molecular complexity index is 498. The lowest BCUT2D eigenvalue weighted by Crippen LogP contribution is -2.01. The summed E-state index contributed by atoms with van der Waals surface area (Å²) in [6.45, 7) is 2.65. The number of rotatable bonds is 3. The maximum atomic E-state index is 12.9. The number of aryl methyl sites for hydroxylation is 1. The highest BCUT2D eigenvalue weighted by atomic mass is 127. The highest BCUT2D eigenvalue weighted by Crippen LogP contribution is 2.20. The molecule has 0 fully saturated rings. The SMILES string of the molecule is Cc1nc(CNc2ccc(F)cc2I)cs1. The van der Waals surface area contributed by atoms with Crippen LogP contribution in [0.1, 0.15) is 10.7 Å². The molecule has 0 aliphatic carbocycles. The van der Waals surface area contributed by atoms with Gasteiger partial charge in [-0.3, -0.25) is 0 Å². The second-order valence-electron chi connectivity index (χ2n) is 3.34. The van der Waals surface area contributed by atoms with Gasteiger partial charge in [0.25, 0.3) is 0 Å². The zero-order valence-corrected chi connectivity index (χ0v) is 11.6. The number of thiazole rings is 1. The molecule has 0 unspecified atom stereocenters. The quantitative estimate of drug-likeness (QED) is 0.854. The fourth-order valence-electron chi connectivity index (χ4n) is 1.31. The standard InChI is InChI=1S/C11H10FIN2S/c1-7-15-9(6-16-7)5-14-11-3-2-8(12)4-10(11)13/h2-4,6,14H,5H2,1H3. The third kappa shape index (κ3) is 2.91. The van der Waals surface area contributed by atoms with Crippen molar-refractivity contribution < 1.29 is 4.39 Å². The second kappa shape index (κ2) is 5.09. The van der Waals surface area contributed by atoms with Gasteiger partial charge in [0.2, 0.25) is 0 Å². The average molecular weight is 348 g/mol. The fraction of sp³-hybridized carbons (Fsp3) is 0.182. The molecule has 1 aromatic carbocycles. The van der Waals surface area contributed by atoms with Crippen molar-refractivity contribution >= 4 is 39.6 Å². The van der Waals surface area contributed by atoms with E-state index in [4.69, 9.17) is 0 Å². The van der Waals surface area contributed by atoms with Crippen LogP contribution in [0.15, 0.2) is 23.6 Å². The molecule has 1 N–H and O–H groups in total. The smallest absolute Gasteiger partial charge is 0.124 e.